The highest BCUT2D eigenvalue weighted by atomic mass is 19.4. The lowest BCUT2D eigenvalue weighted by molar-refractivity contribution is -0.174. The van der Waals surface area contributed by atoms with Crippen LogP contribution in [-0.2, 0) is 4.79 Å². The molecule has 0 spiro atoms. The summed E-state index contributed by atoms with van der Waals surface area (Å²) in [6.45, 7) is 0.824. The summed E-state index contributed by atoms with van der Waals surface area (Å²) < 4.78 is 35.0. The predicted octanol–water partition coefficient (Wildman–Crippen LogP) is 0.0416. The summed E-state index contributed by atoms with van der Waals surface area (Å²) in [4.78, 5) is 10.3. The Kier molecular flexibility index (Phi) is 2.56. The number of amides is 1. The molecule has 0 saturated carbocycles. The van der Waals surface area contributed by atoms with Gasteiger partial charge in [-0.3, -0.25) is 4.79 Å². The van der Waals surface area contributed by atoms with E-state index >= 15 is 0 Å². The van der Waals surface area contributed by atoms with Crippen LogP contribution in [0, 0.1) is 0 Å². The van der Waals surface area contributed by atoms with E-state index in [2.05, 4.69) is 5.32 Å². The third-order valence-electron chi connectivity index (χ3n) is 1.58. The molecule has 1 amide bonds. The van der Waals surface area contributed by atoms with Crippen molar-refractivity contribution in [3.8, 4) is 0 Å². The first-order valence-corrected chi connectivity index (χ1v) is 3.51. The number of nitrogens with zero attached hydrogens (tertiary/aromatic N) is 1. The van der Waals surface area contributed by atoms with E-state index in [9.17, 15) is 18.0 Å². The van der Waals surface area contributed by atoms with Gasteiger partial charge in [-0.05, 0) is 6.42 Å². The SMILES string of the molecule is O=C(NC1CC[N]C1)C(F)(F)F. The van der Waals surface area contributed by atoms with E-state index in [4.69, 9.17) is 0 Å². The minimum absolute atomic E-state index is 0.293. The smallest absolute Gasteiger partial charge is 0.344 e. The molecular formula is C6H8F3N2O. The van der Waals surface area contributed by atoms with Crippen molar-refractivity contribution in [2.75, 3.05) is 13.1 Å². The summed E-state index contributed by atoms with van der Waals surface area (Å²) in [6, 6.07) is -0.431. The number of alkyl halides is 3. The number of halogens is 3. The Bertz CT molecular complexity index is 174. The molecular weight excluding hydrogens is 173 g/mol. The zero-order valence-corrected chi connectivity index (χ0v) is 6.19. The average Bonchev–Trinajstić information content (AvgIpc) is 2.37. The molecule has 1 unspecified atom stereocenters. The van der Waals surface area contributed by atoms with Gasteiger partial charge in [-0.1, -0.05) is 0 Å². The molecule has 12 heavy (non-hydrogen) atoms. The fourth-order valence-electron chi connectivity index (χ4n) is 0.971. The minimum atomic E-state index is -4.78. The molecule has 0 bridgehead atoms. The van der Waals surface area contributed by atoms with E-state index in [1.807, 2.05) is 5.32 Å². The first kappa shape index (κ1) is 9.31. The molecule has 1 heterocycles. The second kappa shape index (κ2) is 3.30. The van der Waals surface area contributed by atoms with Crippen molar-refractivity contribution in [2.45, 2.75) is 18.6 Å². The Balaban J connectivity index is 2.35. The van der Waals surface area contributed by atoms with Gasteiger partial charge in [0.2, 0.25) is 0 Å². The molecule has 1 aliphatic heterocycles. The van der Waals surface area contributed by atoms with Gasteiger partial charge >= 0.3 is 12.1 Å². The highest BCUT2D eigenvalue weighted by Crippen LogP contribution is 2.15. The summed E-state index contributed by atoms with van der Waals surface area (Å²) in [5.41, 5.74) is 0. The van der Waals surface area contributed by atoms with E-state index in [1.165, 1.54) is 0 Å². The molecule has 1 rings (SSSR count). The van der Waals surface area contributed by atoms with Crippen LogP contribution in [0.15, 0.2) is 0 Å². The second-order valence-electron chi connectivity index (χ2n) is 2.59. The van der Waals surface area contributed by atoms with Crippen LogP contribution in [0.2, 0.25) is 0 Å². The number of carbonyl (C=O) groups excluding carboxylic acids is 1. The molecule has 0 aliphatic carbocycles. The Labute approximate surface area is 67.3 Å². The fourth-order valence-corrected chi connectivity index (χ4v) is 0.971. The van der Waals surface area contributed by atoms with Crippen molar-refractivity contribution in [1.82, 2.24) is 10.6 Å². The molecule has 3 nitrogen and oxygen atoms in total. The molecule has 1 aliphatic rings. The largest absolute Gasteiger partial charge is 0.471 e. The van der Waals surface area contributed by atoms with Gasteiger partial charge in [0.05, 0.1) is 0 Å². The van der Waals surface area contributed by atoms with Gasteiger partial charge in [-0.25, -0.2) is 5.32 Å². The minimum Gasteiger partial charge on any atom is -0.344 e. The summed E-state index contributed by atoms with van der Waals surface area (Å²) in [7, 11) is 0. The monoisotopic (exact) mass is 181 g/mol. The Morgan fingerprint density at radius 2 is 2.17 bits per heavy atom. The summed E-state index contributed by atoms with van der Waals surface area (Å²) >= 11 is 0. The maximum Gasteiger partial charge on any atom is 0.471 e. The average molecular weight is 181 g/mol. The predicted molar refractivity (Wildman–Crippen MR) is 34.5 cm³/mol. The van der Waals surface area contributed by atoms with E-state index < -0.39 is 18.1 Å². The highest BCUT2D eigenvalue weighted by molar-refractivity contribution is 5.81. The van der Waals surface area contributed by atoms with Gasteiger partial charge in [-0.15, -0.1) is 0 Å². The van der Waals surface area contributed by atoms with Crippen molar-refractivity contribution in [2.24, 2.45) is 0 Å². The maximum atomic E-state index is 11.7. The standard InChI is InChI=1S/C6H8F3N2O/c7-6(8,9)5(12)11-4-1-2-10-3-4/h4H,1-3H2,(H,11,12). The molecule has 0 aromatic heterocycles. The first-order valence-electron chi connectivity index (χ1n) is 3.51. The third kappa shape index (κ3) is 2.37. The van der Waals surface area contributed by atoms with Crippen LogP contribution in [0.1, 0.15) is 6.42 Å². The molecule has 69 valence electrons. The van der Waals surface area contributed by atoms with Crippen LogP contribution in [0.5, 0.6) is 0 Å². The molecule has 1 saturated heterocycles. The van der Waals surface area contributed by atoms with Crippen LogP contribution >= 0.6 is 0 Å². The van der Waals surface area contributed by atoms with E-state index in [0.29, 0.717) is 19.5 Å². The molecule has 0 aromatic carbocycles. The Hall–Kier alpha value is -0.780. The second-order valence-corrected chi connectivity index (χ2v) is 2.59. The van der Waals surface area contributed by atoms with Gasteiger partial charge in [-0.2, -0.15) is 13.2 Å². The van der Waals surface area contributed by atoms with Crippen LogP contribution in [-0.4, -0.2) is 31.2 Å². The summed E-state index contributed by atoms with van der Waals surface area (Å²) in [5, 5.41) is 5.68. The van der Waals surface area contributed by atoms with Crippen molar-refractivity contribution in [3.63, 3.8) is 0 Å². The van der Waals surface area contributed by atoms with Crippen LogP contribution in [0.3, 0.4) is 0 Å². The third-order valence-corrected chi connectivity index (χ3v) is 1.58. The van der Waals surface area contributed by atoms with Crippen molar-refractivity contribution < 1.29 is 18.0 Å². The van der Waals surface area contributed by atoms with E-state index in [-0.39, 0.29) is 0 Å². The summed E-state index contributed by atoms with van der Waals surface area (Å²) in [6.07, 6.45) is -4.27. The van der Waals surface area contributed by atoms with Gasteiger partial charge in [0.25, 0.3) is 0 Å². The number of rotatable bonds is 1. The van der Waals surface area contributed by atoms with Gasteiger partial charge in [0.1, 0.15) is 0 Å². The molecule has 0 aromatic rings. The zero-order chi connectivity index (χ0) is 9.19. The Morgan fingerprint density at radius 1 is 1.50 bits per heavy atom. The lowest BCUT2D eigenvalue weighted by atomic mass is 10.2. The lowest BCUT2D eigenvalue weighted by Crippen LogP contribution is -2.43. The summed E-state index contributed by atoms with van der Waals surface area (Å²) in [5.74, 6) is -1.87. The van der Waals surface area contributed by atoms with Crippen LogP contribution in [0.4, 0.5) is 13.2 Å². The fraction of sp³-hybridized carbons (Fsp3) is 0.833. The normalized spacial score (nSPS) is 24.1. The Morgan fingerprint density at radius 3 is 2.58 bits per heavy atom. The first-order chi connectivity index (χ1) is 5.50. The number of carbonyl (C=O) groups is 1. The highest BCUT2D eigenvalue weighted by Gasteiger charge is 2.39. The van der Waals surface area contributed by atoms with Gasteiger partial charge in [0.15, 0.2) is 0 Å². The van der Waals surface area contributed by atoms with Crippen molar-refractivity contribution >= 4 is 5.91 Å². The molecule has 6 heteroatoms. The van der Waals surface area contributed by atoms with Crippen LogP contribution < -0.4 is 10.6 Å². The number of hydrogen-bond acceptors (Lipinski definition) is 1. The topological polar surface area (TPSA) is 43.2 Å². The van der Waals surface area contributed by atoms with Crippen LogP contribution in [0.25, 0.3) is 0 Å². The molecule has 1 atom stereocenters. The van der Waals surface area contributed by atoms with E-state index in [1.54, 1.807) is 0 Å². The van der Waals surface area contributed by atoms with Crippen molar-refractivity contribution in [1.29, 1.82) is 0 Å². The molecule has 1 N–H and O–H groups in total. The lowest BCUT2D eigenvalue weighted by Gasteiger charge is -2.12. The van der Waals surface area contributed by atoms with Gasteiger partial charge in [0, 0.05) is 19.1 Å². The quantitative estimate of drug-likeness (QED) is 0.609. The maximum absolute atomic E-state index is 11.7. The molecule has 1 fully saturated rings. The van der Waals surface area contributed by atoms with Gasteiger partial charge < -0.3 is 5.32 Å². The van der Waals surface area contributed by atoms with Crippen molar-refractivity contribution in [3.05, 3.63) is 0 Å². The van der Waals surface area contributed by atoms with E-state index in [0.717, 1.165) is 0 Å². The zero-order valence-electron chi connectivity index (χ0n) is 6.19. The molecule has 1 radical (unpaired) electrons. The number of nitrogens with one attached hydrogen (secondary N) is 1. The number of hydrogen-bond donors (Lipinski definition) is 1.